The molecule has 1 rings (SSSR count). The highest BCUT2D eigenvalue weighted by Crippen LogP contribution is 2.25. The molecule has 0 spiro atoms. The zero-order valence-corrected chi connectivity index (χ0v) is 8.93. The number of carbonyl (C=O) groups excluding carboxylic acids is 1. The van der Waals surface area contributed by atoms with Crippen LogP contribution in [0.2, 0.25) is 0 Å². The lowest BCUT2D eigenvalue weighted by atomic mass is 10.2. The van der Waals surface area contributed by atoms with Gasteiger partial charge in [0.05, 0.1) is 0 Å². The van der Waals surface area contributed by atoms with Gasteiger partial charge in [0.25, 0.3) is 0 Å². The molecule has 14 heavy (non-hydrogen) atoms. The molecule has 0 bridgehead atoms. The van der Waals surface area contributed by atoms with Crippen LogP contribution >= 0.6 is 11.8 Å². The van der Waals surface area contributed by atoms with Crippen LogP contribution in [0.25, 0.3) is 0 Å². The van der Waals surface area contributed by atoms with Gasteiger partial charge in [0.15, 0.2) is 0 Å². The number of anilines is 1. The minimum absolute atomic E-state index is 0.275. The van der Waals surface area contributed by atoms with Crippen molar-refractivity contribution in [3.8, 4) is 0 Å². The monoisotopic (exact) mass is 210 g/mol. The number of carbonyl (C=O) groups is 1. The summed E-state index contributed by atoms with van der Waals surface area (Å²) in [5.74, 6) is 0.408. The SMILES string of the molecule is Cc1ccc(SCCC(N)=O)c(N)c1. The fourth-order valence-electron chi connectivity index (χ4n) is 1.06. The van der Waals surface area contributed by atoms with E-state index in [4.69, 9.17) is 11.5 Å². The van der Waals surface area contributed by atoms with Crippen molar-refractivity contribution in [2.45, 2.75) is 18.2 Å². The highest BCUT2D eigenvalue weighted by molar-refractivity contribution is 7.99. The van der Waals surface area contributed by atoms with Gasteiger partial charge in [-0.25, -0.2) is 0 Å². The molecule has 0 unspecified atom stereocenters. The molecular formula is C10H14N2OS. The number of benzene rings is 1. The molecule has 0 aliphatic carbocycles. The van der Waals surface area contributed by atoms with E-state index in [0.29, 0.717) is 12.2 Å². The maximum absolute atomic E-state index is 10.5. The van der Waals surface area contributed by atoms with Crippen LogP contribution < -0.4 is 11.5 Å². The van der Waals surface area contributed by atoms with E-state index in [1.54, 1.807) is 11.8 Å². The number of rotatable bonds is 4. The lowest BCUT2D eigenvalue weighted by Gasteiger charge is -2.04. The largest absolute Gasteiger partial charge is 0.398 e. The van der Waals surface area contributed by atoms with Gasteiger partial charge in [0.1, 0.15) is 0 Å². The van der Waals surface area contributed by atoms with Crippen molar-refractivity contribution in [1.82, 2.24) is 0 Å². The van der Waals surface area contributed by atoms with Gasteiger partial charge in [-0.2, -0.15) is 0 Å². The van der Waals surface area contributed by atoms with Crippen LogP contribution in [0.1, 0.15) is 12.0 Å². The first-order chi connectivity index (χ1) is 6.59. The lowest BCUT2D eigenvalue weighted by molar-refractivity contribution is -0.117. The van der Waals surface area contributed by atoms with E-state index in [2.05, 4.69) is 0 Å². The molecule has 0 atom stereocenters. The van der Waals surface area contributed by atoms with Crippen LogP contribution in [0, 0.1) is 6.92 Å². The van der Waals surface area contributed by atoms with Crippen molar-refractivity contribution in [2.24, 2.45) is 5.73 Å². The van der Waals surface area contributed by atoms with Crippen molar-refractivity contribution >= 4 is 23.4 Å². The summed E-state index contributed by atoms with van der Waals surface area (Å²) in [6, 6.07) is 5.89. The Morgan fingerprint density at radius 2 is 2.21 bits per heavy atom. The van der Waals surface area contributed by atoms with Crippen LogP contribution in [0.3, 0.4) is 0 Å². The average molecular weight is 210 g/mol. The second kappa shape index (κ2) is 4.91. The smallest absolute Gasteiger partial charge is 0.218 e. The standard InChI is InChI=1S/C10H14N2OS/c1-7-2-3-9(8(11)6-7)14-5-4-10(12)13/h2-3,6H,4-5,11H2,1H3,(H2,12,13). The number of primary amides is 1. The Morgan fingerprint density at radius 1 is 1.50 bits per heavy atom. The van der Waals surface area contributed by atoms with Crippen molar-refractivity contribution < 1.29 is 4.79 Å². The first kappa shape index (κ1) is 10.9. The predicted octanol–water partition coefficient (Wildman–Crippen LogP) is 1.54. The number of hydrogen-bond acceptors (Lipinski definition) is 3. The van der Waals surface area contributed by atoms with Crippen LogP contribution in [0.5, 0.6) is 0 Å². The molecule has 3 nitrogen and oxygen atoms in total. The zero-order chi connectivity index (χ0) is 10.6. The minimum atomic E-state index is -0.275. The first-order valence-corrected chi connectivity index (χ1v) is 5.35. The summed E-state index contributed by atoms with van der Waals surface area (Å²) in [5.41, 5.74) is 12.7. The molecule has 0 aliphatic rings. The Bertz CT molecular complexity index is 339. The fraction of sp³-hybridized carbons (Fsp3) is 0.300. The number of hydrogen-bond donors (Lipinski definition) is 2. The van der Waals surface area contributed by atoms with Crippen LogP contribution in [-0.2, 0) is 4.79 Å². The third kappa shape index (κ3) is 3.30. The van der Waals surface area contributed by atoms with Crippen molar-refractivity contribution in [3.05, 3.63) is 23.8 Å². The Balaban J connectivity index is 2.55. The summed E-state index contributed by atoms with van der Waals surface area (Å²) >= 11 is 1.56. The molecule has 1 aromatic carbocycles. The van der Waals surface area contributed by atoms with Crippen molar-refractivity contribution in [3.63, 3.8) is 0 Å². The van der Waals surface area contributed by atoms with Gasteiger partial charge in [-0.3, -0.25) is 4.79 Å². The predicted molar refractivity (Wildman–Crippen MR) is 60.1 cm³/mol. The quantitative estimate of drug-likeness (QED) is 0.585. The van der Waals surface area contributed by atoms with Crippen LogP contribution in [0.4, 0.5) is 5.69 Å². The molecule has 4 N–H and O–H groups in total. The van der Waals surface area contributed by atoms with E-state index >= 15 is 0 Å². The third-order valence-electron chi connectivity index (χ3n) is 1.77. The van der Waals surface area contributed by atoms with Gasteiger partial charge in [0, 0.05) is 22.8 Å². The molecule has 1 aromatic rings. The summed E-state index contributed by atoms with van der Waals surface area (Å²) in [6.45, 7) is 1.99. The molecule has 0 saturated carbocycles. The van der Waals surface area contributed by atoms with Crippen molar-refractivity contribution in [1.29, 1.82) is 0 Å². The lowest BCUT2D eigenvalue weighted by Crippen LogP contribution is -2.10. The summed E-state index contributed by atoms with van der Waals surface area (Å²) in [6.07, 6.45) is 0.387. The maximum atomic E-state index is 10.5. The zero-order valence-electron chi connectivity index (χ0n) is 8.12. The number of nitrogen functional groups attached to an aromatic ring is 1. The number of nitrogens with two attached hydrogens (primary N) is 2. The normalized spacial score (nSPS) is 10.1. The van der Waals surface area contributed by atoms with Gasteiger partial charge < -0.3 is 11.5 Å². The van der Waals surface area contributed by atoms with Gasteiger partial charge >= 0.3 is 0 Å². The molecule has 0 radical (unpaired) electrons. The Morgan fingerprint density at radius 3 is 2.79 bits per heavy atom. The summed E-state index contributed by atoms with van der Waals surface area (Å²) in [7, 11) is 0. The average Bonchev–Trinajstić information content (AvgIpc) is 2.08. The van der Waals surface area contributed by atoms with E-state index in [1.807, 2.05) is 25.1 Å². The van der Waals surface area contributed by atoms with Gasteiger partial charge in [-0.15, -0.1) is 11.8 Å². The second-order valence-corrected chi connectivity index (χ2v) is 4.24. The molecule has 0 aliphatic heterocycles. The number of aryl methyl sites for hydroxylation is 1. The summed E-state index contributed by atoms with van der Waals surface area (Å²) in [5, 5.41) is 0. The molecule has 76 valence electrons. The molecular weight excluding hydrogens is 196 g/mol. The molecule has 0 aromatic heterocycles. The molecule has 0 heterocycles. The highest BCUT2D eigenvalue weighted by atomic mass is 32.2. The molecule has 0 saturated heterocycles. The Hall–Kier alpha value is -1.16. The summed E-state index contributed by atoms with van der Waals surface area (Å²) < 4.78 is 0. The molecule has 1 amide bonds. The number of thioether (sulfide) groups is 1. The Labute approximate surface area is 87.9 Å². The van der Waals surface area contributed by atoms with Crippen molar-refractivity contribution in [2.75, 3.05) is 11.5 Å². The van der Waals surface area contributed by atoms with Crippen LogP contribution in [0.15, 0.2) is 23.1 Å². The Kier molecular flexibility index (Phi) is 3.83. The van der Waals surface area contributed by atoms with Crippen LogP contribution in [-0.4, -0.2) is 11.7 Å². The fourth-order valence-corrected chi connectivity index (χ4v) is 1.97. The number of amides is 1. The highest BCUT2D eigenvalue weighted by Gasteiger charge is 2.01. The van der Waals surface area contributed by atoms with Gasteiger partial charge in [0.2, 0.25) is 5.91 Å². The summed E-state index contributed by atoms with van der Waals surface area (Å²) in [4.78, 5) is 11.5. The second-order valence-electron chi connectivity index (χ2n) is 3.11. The van der Waals surface area contributed by atoms with Gasteiger partial charge in [-0.1, -0.05) is 6.07 Å². The van der Waals surface area contributed by atoms with Gasteiger partial charge in [-0.05, 0) is 24.6 Å². The maximum Gasteiger partial charge on any atom is 0.218 e. The third-order valence-corrected chi connectivity index (χ3v) is 2.86. The van der Waals surface area contributed by atoms with E-state index in [0.717, 1.165) is 16.1 Å². The van der Waals surface area contributed by atoms with E-state index in [9.17, 15) is 4.79 Å². The topological polar surface area (TPSA) is 69.1 Å². The minimum Gasteiger partial charge on any atom is -0.398 e. The molecule has 4 heteroatoms. The van der Waals surface area contributed by atoms with E-state index in [1.165, 1.54) is 0 Å². The van der Waals surface area contributed by atoms with E-state index in [-0.39, 0.29) is 5.91 Å². The first-order valence-electron chi connectivity index (χ1n) is 4.37. The molecule has 0 fully saturated rings. The van der Waals surface area contributed by atoms with E-state index < -0.39 is 0 Å².